The molecule has 3 aromatic rings. The van der Waals surface area contributed by atoms with E-state index >= 15 is 0 Å². The van der Waals surface area contributed by atoms with Crippen LogP contribution in [0.2, 0.25) is 0 Å². The van der Waals surface area contributed by atoms with Gasteiger partial charge < -0.3 is 0 Å². The molecule has 7 heteroatoms. The lowest BCUT2D eigenvalue weighted by Crippen LogP contribution is -2.42. The minimum absolute atomic E-state index is 0.172. The molecule has 0 spiro atoms. The lowest BCUT2D eigenvalue weighted by Gasteiger charge is -2.22. The maximum atomic E-state index is 13.1. The highest BCUT2D eigenvalue weighted by molar-refractivity contribution is 7.22. The summed E-state index contributed by atoms with van der Waals surface area (Å²) >= 11 is 1.43. The Hall–Kier alpha value is -3.06. The van der Waals surface area contributed by atoms with E-state index in [0.717, 1.165) is 26.2 Å². The van der Waals surface area contributed by atoms with E-state index < -0.39 is 0 Å². The Labute approximate surface area is 166 Å². The van der Waals surface area contributed by atoms with Crippen LogP contribution in [-0.4, -0.2) is 34.2 Å². The molecule has 2 aromatic carbocycles. The van der Waals surface area contributed by atoms with E-state index in [1.165, 1.54) is 11.3 Å². The van der Waals surface area contributed by atoms with Gasteiger partial charge in [-0.05, 0) is 24.1 Å². The number of thiazole rings is 1. The molecule has 1 aromatic heterocycles. The van der Waals surface area contributed by atoms with Gasteiger partial charge in [-0.2, -0.15) is 0 Å². The fourth-order valence-corrected chi connectivity index (χ4v) is 4.30. The van der Waals surface area contributed by atoms with Gasteiger partial charge in [0.1, 0.15) is 6.54 Å². The molecule has 0 unspecified atom stereocenters. The van der Waals surface area contributed by atoms with Crippen LogP contribution in [0.5, 0.6) is 0 Å². The lowest BCUT2D eigenvalue weighted by atomic mass is 10.2. The second-order valence-corrected chi connectivity index (χ2v) is 7.77. The molecular formula is C21H19N3O3S. The molecule has 0 aliphatic carbocycles. The summed E-state index contributed by atoms with van der Waals surface area (Å²) in [6.07, 6.45) is 0.344. The molecule has 6 nitrogen and oxygen atoms in total. The number of fused-ring (bicyclic) bond motifs is 1. The number of likely N-dealkylation sites (tertiary alicyclic amines) is 1. The van der Waals surface area contributed by atoms with E-state index in [9.17, 15) is 14.4 Å². The first kappa shape index (κ1) is 18.3. The zero-order chi connectivity index (χ0) is 19.7. The SMILES string of the molecule is Cc1cccc2sc(N(Cc3ccccc3)C(=O)CN3C(=O)CCC3=O)nc12. The molecule has 1 aliphatic heterocycles. The number of aryl methyl sites for hydroxylation is 1. The molecule has 1 saturated heterocycles. The summed E-state index contributed by atoms with van der Waals surface area (Å²) in [4.78, 5) is 44.3. The highest BCUT2D eigenvalue weighted by Gasteiger charge is 2.32. The zero-order valence-electron chi connectivity index (χ0n) is 15.4. The normalized spacial score (nSPS) is 14.1. The number of imide groups is 1. The summed E-state index contributed by atoms with van der Waals surface area (Å²) in [5.41, 5.74) is 2.85. The Bertz CT molecular complexity index is 1050. The summed E-state index contributed by atoms with van der Waals surface area (Å²) in [6.45, 7) is 2.06. The third-order valence-electron chi connectivity index (χ3n) is 4.77. The van der Waals surface area contributed by atoms with Crippen molar-refractivity contribution in [1.82, 2.24) is 9.88 Å². The standard InChI is InChI=1S/C21H19N3O3S/c1-14-6-5-9-16-20(14)22-21(28-16)24(12-15-7-3-2-4-8-15)19(27)13-23-17(25)10-11-18(23)26/h2-9H,10-13H2,1H3. The second kappa shape index (κ2) is 7.52. The van der Waals surface area contributed by atoms with Crippen LogP contribution in [0.15, 0.2) is 48.5 Å². The minimum Gasteiger partial charge on any atom is -0.282 e. The van der Waals surface area contributed by atoms with Gasteiger partial charge in [0.05, 0.1) is 16.8 Å². The number of carbonyl (C=O) groups excluding carboxylic acids is 3. The number of carbonyl (C=O) groups is 3. The molecule has 0 atom stereocenters. The van der Waals surface area contributed by atoms with Crippen molar-refractivity contribution in [1.29, 1.82) is 0 Å². The van der Waals surface area contributed by atoms with Gasteiger partial charge >= 0.3 is 0 Å². The second-order valence-electron chi connectivity index (χ2n) is 6.76. The number of nitrogens with zero attached hydrogens (tertiary/aromatic N) is 3. The molecule has 1 aliphatic rings. The number of para-hydroxylation sites is 1. The van der Waals surface area contributed by atoms with Gasteiger partial charge in [0, 0.05) is 12.8 Å². The molecule has 0 saturated carbocycles. The largest absolute Gasteiger partial charge is 0.282 e. The van der Waals surface area contributed by atoms with Crippen molar-refractivity contribution in [2.24, 2.45) is 0 Å². The third kappa shape index (κ3) is 3.53. The molecule has 3 amide bonds. The van der Waals surface area contributed by atoms with Gasteiger partial charge in [-0.3, -0.25) is 24.2 Å². The molecule has 0 N–H and O–H groups in total. The number of hydrogen-bond acceptors (Lipinski definition) is 5. The van der Waals surface area contributed by atoms with E-state index in [1.807, 2.05) is 55.5 Å². The quantitative estimate of drug-likeness (QED) is 0.624. The predicted octanol–water partition coefficient (Wildman–Crippen LogP) is 3.29. The molecule has 1 fully saturated rings. The van der Waals surface area contributed by atoms with Crippen LogP contribution in [0.3, 0.4) is 0 Å². The fraction of sp³-hybridized carbons (Fsp3) is 0.238. The first-order valence-electron chi connectivity index (χ1n) is 9.06. The van der Waals surface area contributed by atoms with Crippen LogP contribution in [-0.2, 0) is 20.9 Å². The van der Waals surface area contributed by atoms with Crippen molar-refractivity contribution in [2.45, 2.75) is 26.3 Å². The highest BCUT2D eigenvalue weighted by Crippen LogP contribution is 2.31. The molecule has 0 bridgehead atoms. The maximum Gasteiger partial charge on any atom is 0.249 e. The van der Waals surface area contributed by atoms with E-state index in [2.05, 4.69) is 4.98 Å². The first-order valence-corrected chi connectivity index (χ1v) is 9.88. The number of benzene rings is 2. The summed E-state index contributed by atoms with van der Waals surface area (Å²) in [5, 5.41) is 0.567. The Balaban J connectivity index is 1.68. The van der Waals surface area contributed by atoms with Gasteiger partial charge in [0.25, 0.3) is 0 Å². The number of amides is 3. The van der Waals surface area contributed by atoms with Gasteiger partial charge in [-0.15, -0.1) is 0 Å². The van der Waals surface area contributed by atoms with Gasteiger partial charge in [-0.25, -0.2) is 4.98 Å². The van der Waals surface area contributed by atoms with Crippen LogP contribution in [0, 0.1) is 6.92 Å². The van der Waals surface area contributed by atoms with Crippen LogP contribution in [0.4, 0.5) is 5.13 Å². The van der Waals surface area contributed by atoms with Crippen molar-refractivity contribution in [2.75, 3.05) is 11.4 Å². The molecule has 142 valence electrons. The average molecular weight is 393 g/mol. The van der Waals surface area contributed by atoms with Crippen LogP contribution < -0.4 is 4.90 Å². The monoisotopic (exact) mass is 393 g/mol. The van der Waals surface area contributed by atoms with Crippen LogP contribution in [0.25, 0.3) is 10.2 Å². The van der Waals surface area contributed by atoms with E-state index in [-0.39, 0.29) is 37.1 Å². The Morgan fingerprint density at radius 2 is 1.79 bits per heavy atom. The predicted molar refractivity (Wildman–Crippen MR) is 108 cm³/mol. The number of hydrogen-bond donors (Lipinski definition) is 0. The molecule has 4 rings (SSSR count). The first-order chi connectivity index (χ1) is 13.5. The highest BCUT2D eigenvalue weighted by atomic mass is 32.1. The van der Waals surface area contributed by atoms with E-state index in [0.29, 0.717) is 11.7 Å². The van der Waals surface area contributed by atoms with E-state index in [4.69, 9.17) is 0 Å². The lowest BCUT2D eigenvalue weighted by molar-refractivity contribution is -0.141. The number of aromatic nitrogens is 1. The summed E-state index contributed by atoms with van der Waals surface area (Å²) in [6, 6.07) is 15.5. The van der Waals surface area contributed by atoms with Crippen molar-refractivity contribution in [3.63, 3.8) is 0 Å². The molecule has 0 radical (unpaired) electrons. The van der Waals surface area contributed by atoms with E-state index in [1.54, 1.807) is 4.90 Å². The average Bonchev–Trinajstić information content (AvgIpc) is 3.26. The van der Waals surface area contributed by atoms with Crippen molar-refractivity contribution < 1.29 is 14.4 Å². The van der Waals surface area contributed by atoms with Crippen molar-refractivity contribution in [3.8, 4) is 0 Å². The van der Waals surface area contributed by atoms with Crippen molar-refractivity contribution >= 4 is 44.4 Å². The van der Waals surface area contributed by atoms with Gasteiger partial charge in [0.15, 0.2) is 5.13 Å². The fourth-order valence-electron chi connectivity index (χ4n) is 3.24. The Morgan fingerprint density at radius 3 is 2.46 bits per heavy atom. The summed E-state index contributed by atoms with van der Waals surface area (Å²) in [5.74, 6) is -0.902. The molecular weight excluding hydrogens is 374 g/mol. The minimum atomic E-state index is -0.316. The third-order valence-corrected chi connectivity index (χ3v) is 5.82. The summed E-state index contributed by atoms with van der Waals surface area (Å²) < 4.78 is 0.995. The number of anilines is 1. The summed E-state index contributed by atoms with van der Waals surface area (Å²) in [7, 11) is 0. The van der Waals surface area contributed by atoms with Crippen LogP contribution >= 0.6 is 11.3 Å². The van der Waals surface area contributed by atoms with Gasteiger partial charge in [-0.1, -0.05) is 53.8 Å². The topological polar surface area (TPSA) is 70.6 Å². The molecule has 28 heavy (non-hydrogen) atoms. The maximum absolute atomic E-state index is 13.1. The Kier molecular flexibility index (Phi) is 4.92. The van der Waals surface area contributed by atoms with Crippen LogP contribution in [0.1, 0.15) is 24.0 Å². The number of rotatable bonds is 5. The van der Waals surface area contributed by atoms with Gasteiger partial charge in [0.2, 0.25) is 17.7 Å². The van der Waals surface area contributed by atoms with Crippen molar-refractivity contribution in [3.05, 3.63) is 59.7 Å². The smallest absolute Gasteiger partial charge is 0.249 e. The molecule has 2 heterocycles. The zero-order valence-corrected chi connectivity index (χ0v) is 16.2. The Morgan fingerprint density at radius 1 is 1.07 bits per heavy atom.